The highest BCUT2D eigenvalue weighted by Crippen LogP contribution is 2.05. The molecule has 0 aliphatic carbocycles. The van der Waals surface area contributed by atoms with Crippen LogP contribution in [0, 0.1) is 0 Å². The highest BCUT2D eigenvalue weighted by Gasteiger charge is 2.03. The van der Waals surface area contributed by atoms with Crippen molar-refractivity contribution in [2.24, 2.45) is 0 Å². The summed E-state index contributed by atoms with van der Waals surface area (Å²) in [6.07, 6.45) is 6.68. The van der Waals surface area contributed by atoms with Crippen LogP contribution in [0.2, 0.25) is 0 Å². The van der Waals surface area contributed by atoms with E-state index >= 15 is 0 Å². The highest BCUT2D eigenvalue weighted by molar-refractivity contribution is 5.35. The molecule has 1 N–H and O–H groups in total. The molecule has 0 unspecified atom stereocenters. The first kappa shape index (κ1) is 9.67. The molecule has 0 aliphatic heterocycles. The third kappa shape index (κ3) is 2.83. The van der Waals surface area contributed by atoms with Crippen LogP contribution in [0.1, 0.15) is 0 Å². The summed E-state index contributed by atoms with van der Waals surface area (Å²) in [5.41, 5.74) is 0. The Kier molecular flexibility index (Phi) is 3.92. The zero-order valence-electron chi connectivity index (χ0n) is 7.43. The van der Waals surface area contributed by atoms with E-state index in [1.54, 1.807) is 24.7 Å². The Morgan fingerprint density at radius 2 is 2.38 bits per heavy atom. The van der Waals surface area contributed by atoms with Crippen LogP contribution in [0.4, 0.5) is 5.82 Å². The molecule has 0 saturated heterocycles. The first-order chi connectivity index (χ1) is 6.38. The molecule has 1 aromatic heterocycles. The average molecular weight is 179 g/mol. The smallest absolute Gasteiger partial charge is 0.147 e. The molecule has 0 saturated carbocycles. The first-order valence-electron chi connectivity index (χ1n) is 4.11. The van der Waals surface area contributed by atoms with Crippen LogP contribution < -0.4 is 4.90 Å². The Morgan fingerprint density at radius 1 is 1.54 bits per heavy atom. The maximum atomic E-state index is 8.80. The van der Waals surface area contributed by atoms with Gasteiger partial charge in [0, 0.05) is 25.5 Å². The molecule has 1 rings (SSSR count). The Morgan fingerprint density at radius 3 is 2.92 bits per heavy atom. The lowest BCUT2D eigenvalue weighted by atomic mass is 10.4. The van der Waals surface area contributed by atoms with Crippen molar-refractivity contribution in [1.82, 2.24) is 9.97 Å². The molecule has 0 aromatic carbocycles. The lowest BCUT2D eigenvalue weighted by Crippen LogP contribution is -2.27. The second-order valence-corrected chi connectivity index (χ2v) is 2.52. The van der Waals surface area contributed by atoms with Crippen LogP contribution in [0.25, 0.3) is 0 Å². The number of aliphatic hydroxyl groups is 1. The predicted octanol–water partition coefficient (Wildman–Crippen LogP) is 0.461. The molecule has 0 spiro atoms. The summed E-state index contributed by atoms with van der Waals surface area (Å²) in [5.74, 6) is 0.761. The molecular weight excluding hydrogens is 166 g/mol. The van der Waals surface area contributed by atoms with Gasteiger partial charge in [0.1, 0.15) is 5.82 Å². The fourth-order valence-corrected chi connectivity index (χ4v) is 1.03. The molecular formula is C9H13N3O. The standard InChI is InChI=1S/C9H13N3O/c1-2-5-12(6-7-13)9-8-10-3-4-11-9/h2-4,8,13H,1,5-7H2. The lowest BCUT2D eigenvalue weighted by molar-refractivity contribution is 0.302. The molecule has 1 heterocycles. The molecule has 0 amide bonds. The largest absolute Gasteiger partial charge is 0.395 e. The van der Waals surface area contributed by atoms with Gasteiger partial charge in [-0.05, 0) is 0 Å². The Balaban J connectivity index is 2.69. The summed E-state index contributed by atoms with van der Waals surface area (Å²) in [6, 6.07) is 0. The van der Waals surface area contributed by atoms with Crippen LogP contribution in [0.3, 0.4) is 0 Å². The second-order valence-electron chi connectivity index (χ2n) is 2.52. The Labute approximate surface area is 77.6 Å². The number of anilines is 1. The van der Waals surface area contributed by atoms with Gasteiger partial charge in [0.25, 0.3) is 0 Å². The van der Waals surface area contributed by atoms with Gasteiger partial charge in [-0.1, -0.05) is 6.08 Å². The fourth-order valence-electron chi connectivity index (χ4n) is 1.03. The van der Waals surface area contributed by atoms with Crippen molar-refractivity contribution >= 4 is 5.82 Å². The average Bonchev–Trinajstić information content (AvgIpc) is 2.19. The van der Waals surface area contributed by atoms with Gasteiger partial charge in [-0.3, -0.25) is 4.98 Å². The Hall–Kier alpha value is -1.42. The van der Waals surface area contributed by atoms with Crippen molar-refractivity contribution in [3.63, 3.8) is 0 Å². The summed E-state index contributed by atoms with van der Waals surface area (Å²) < 4.78 is 0. The monoisotopic (exact) mass is 179 g/mol. The summed E-state index contributed by atoms with van der Waals surface area (Å²) in [6.45, 7) is 4.95. The molecule has 4 heteroatoms. The lowest BCUT2D eigenvalue weighted by Gasteiger charge is -2.19. The minimum Gasteiger partial charge on any atom is -0.395 e. The van der Waals surface area contributed by atoms with Gasteiger partial charge in [-0.25, -0.2) is 4.98 Å². The van der Waals surface area contributed by atoms with E-state index in [0.717, 1.165) is 5.82 Å². The van der Waals surface area contributed by atoms with E-state index in [9.17, 15) is 0 Å². The molecule has 1 aromatic rings. The van der Waals surface area contributed by atoms with E-state index in [1.807, 2.05) is 4.90 Å². The van der Waals surface area contributed by atoms with Crippen molar-refractivity contribution in [2.75, 3.05) is 24.6 Å². The van der Waals surface area contributed by atoms with Crippen LogP contribution in [-0.4, -0.2) is 34.8 Å². The summed E-state index contributed by atoms with van der Waals surface area (Å²) in [7, 11) is 0. The van der Waals surface area contributed by atoms with Crippen molar-refractivity contribution in [2.45, 2.75) is 0 Å². The minimum absolute atomic E-state index is 0.102. The molecule has 70 valence electrons. The van der Waals surface area contributed by atoms with E-state index in [4.69, 9.17) is 5.11 Å². The maximum absolute atomic E-state index is 8.80. The maximum Gasteiger partial charge on any atom is 0.147 e. The summed E-state index contributed by atoms with van der Waals surface area (Å²) >= 11 is 0. The molecule has 0 aliphatic rings. The van der Waals surface area contributed by atoms with Gasteiger partial charge in [-0.15, -0.1) is 6.58 Å². The Bertz CT molecular complexity index is 250. The SMILES string of the molecule is C=CCN(CCO)c1cnccn1. The topological polar surface area (TPSA) is 49.2 Å². The number of rotatable bonds is 5. The first-order valence-corrected chi connectivity index (χ1v) is 4.11. The van der Waals surface area contributed by atoms with Gasteiger partial charge in [0.2, 0.25) is 0 Å². The van der Waals surface area contributed by atoms with Crippen LogP contribution in [0.5, 0.6) is 0 Å². The quantitative estimate of drug-likeness (QED) is 0.667. The normalized spacial score (nSPS) is 9.62. The van der Waals surface area contributed by atoms with E-state index < -0.39 is 0 Å². The molecule has 0 fully saturated rings. The molecule has 0 bridgehead atoms. The summed E-state index contributed by atoms with van der Waals surface area (Å²) in [5, 5.41) is 8.80. The van der Waals surface area contributed by atoms with Gasteiger partial charge < -0.3 is 10.0 Å². The number of hydrogen-bond acceptors (Lipinski definition) is 4. The van der Waals surface area contributed by atoms with Crippen molar-refractivity contribution in [3.05, 3.63) is 31.2 Å². The number of aliphatic hydroxyl groups excluding tert-OH is 1. The van der Waals surface area contributed by atoms with E-state index in [-0.39, 0.29) is 6.61 Å². The molecule has 0 radical (unpaired) electrons. The number of hydrogen-bond donors (Lipinski definition) is 1. The molecule has 4 nitrogen and oxygen atoms in total. The van der Waals surface area contributed by atoms with Crippen molar-refractivity contribution < 1.29 is 5.11 Å². The van der Waals surface area contributed by atoms with Gasteiger partial charge >= 0.3 is 0 Å². The van der Waals surface area contributed by atoms with Gasteiger partial charge in [-0.2, -0.15) is 0 Å². The van der Waals surface area contributed by atoms with Crippen molar-refractivity contribution in [3.8, 4) is 0 Å². The third-order valence-electron chi connectivity index (χ3n) is 1.59. The van der Waals surface area contributed by atoms with E-state index in [1.165, 1.54) is 0 Å². The van der Waals surface area contributed by atoms with Crippen molar-refractivity contribution in [1.29, 1.82) is 0 Å². The predicted molar refractivity (Wildman–Crippen MR) is 51.5 cm³/mol. The van der Waals surface area contributed by atoms with E-state index in [0.29, 0.717) is 13.1 Å². The minimum atomic E-state index is 0.102. The zero-order chi connectivity index (χ0) is 9.52. The van der Waals surface area contributed by atoms with Crippen LogP contribution >= 0.6 is 0 Å². The molecule has 0 atom stereocenters. The highest BCUT2D eigenvalue weighted by atomic mass is 16.3. The van der Waals surface area contributed by atoms with Crippen LogP contribution in [-0.2, 0) is 0 Å². The second kappa shape index (κ2) is 5.27. The third-order valence-corrected chi connectivity index (χ3v) is 1.59. The van der Waals surface area contributed by atoms with Crippen LogP contribution in [0.15, 0.2) is 31.2 Å². The molecule has 13 heavy (non-hydrogen) atoms. The van der Waals surface area contributed by atoms with Gasteiger partial charge in [0.15, 0.2) is 0 Å². The number of aromatic nitrogens is 2. The number of nitrogens with zero attached hydrogens (tertiary/aromatic N) is 3. The summed E-state index contributed by atoms with van der Waals surface area (Å²) in [4.78, 5) is 9.97. The van der Waals surface area contributed by atoms with E-state index in [2.05, 4.69) is 16.5 Å². The van der Waals surface area contributed by atoms with Gasteiger partial charge in [0.05, 0.1) is 12.8 Å². The fraction of sp³-hybridized carbons (Fsp3) is 0.333. The zero-order valence-corrected chi connectivity index (χ0v) is 7.43.